The number of unbranched alkanes of at least 4 members (excludes halogenated alkanes) is 3. The molecule has 1 amide bonds. The Morgan fingerprint density at radius 3 is 2.92 bits per heavy atom. The van der Waals surface area contributed by atoms with E-state index in [-0.39, 0.29) is 30.0 Å². The first-order chi connectivity index (χ1) is 11.7. The molecule has 0 bridgehead atoms. The monoisotopic (exact) mass is 339 g/mol. The van der Waals surface area contributed by atoms with E-state index in [2.05, 4.69) is 12.2 Å². The largest absolute Gasteiger partial charge is 0.462 e. The summed E-state index contributed by atoms with van der Waals surface area (Å²) >= 11 is 0. The normalized spacial score (nSPS) is 32.8. The molecular weight excluding hydrogens is 314 g/mol. The van der Waals surface area contributed by atoms with Crippen LogP contribution in [0.2, 0.25) is 0 Å². The first-order valence-electron chi connectivity index (χ1n) is 8.72. The number of nitrogens with one attached hydrogen (secondary N) is 1. The number of rotatable bonds is 7. The maximum atomic E-state index is 12.3. The van der Waals surface area contributed by atoms with Crippen LogP contribution in [-0.2, 0) is 23.7 Å². The molecule has 0 radical (unpaired) electrons. The van der Waals surface area contributed by atoms with Crippen molar-refractivity contribution in [1.82, 2.24) is 5.32 Å². The van der Waals surface area contributed by atoms with Crippen LogP contribution >= 0.6 is 0 Å². The Labute approximate surface area is 141 Å². The van der Waals surface area contributed by atoms with Crippen molar-refractivity contribution in [3.63, 3.8) is 0 Å². The molecule has 24 heavy (non-hydrogen) atoms. The van der Waals surface area contributed by atoms with Crippen molar-refractivity contribution >= 4 is 12.1 Å². The third kappa shape index (κ3) is 3.50. The van der Waals surface area contributed by atoms with Crippen LogP contribution in [0.1, 0.15) is 39.0 Å². The molecule has 3 aliphatic rings. The molecule has 2 fully saturated rings. The summed E-state index contributed by atoms with van der Waals surface area (Å²) in [5.74, 6) is -0.526. The van der Waals surface area contributed by atoms with E-state index in [1.54, 1.807) is 0 Å². The lowest BCUT2D eigenvalue weighted by Gasteiger charge is -2.33. The number of fused-ring (bicyclic) bond motifs is 3. The minimum Gasteiger partial charge on any atom is -0.462 e. The molecule has 5 atom stereocenters. The Hall–Kier alpha value is -1.76. The number of esters is 1. The Bertz CT molecular complexity index is 519. The van der Waals surface area contributed by atoms with E-state index in [4.69, 9.17) is 18.9 Å². The van der Waals surface area contributed by atoms with Gasteiger partial charge >= 0.3 is 12.1 Å². The lowest BCUT2D eigenvalue weighted by atomic mass is 9.86. The zero-order chi connectivity index (χ0) is 17.1. The smallest absolute Gasteiger partial charge is 0.409 e. The van der Waals surface area contributed by atoms with Crippen LogP contribution in [-0.4, -0.2) is 44.2 Å². The molecule has 2 heterocycles. The van der Waals surface area contributed by atoms with Crippen molar-refractivity contribution in [2.75, 3.05) is 13.7 Å². The predicted molar refractivity (Wildman–Crippen MR) is 83.9 cm³/mol. The summed E-state index contributed by atoms with van der Waals surface area (Å²) in [5, 5.41) is 2.40. The van der Waals surface area contributed by atoms with E-state index in [0.29, 0.717) is 12.2 Å². The highest BCUT2D eigenvalue weighted by molar-refractivity contribution is 5.89. The van der Waals surface area contributed by atoms with Gasteiger partial charge in [0.25, 0.3) is 6.29 Å². The van der Waals surface area contributed by atoms with Gasteiger partial charge in [0, 0.05) is 13.0 Å². The second kappa shape index (κ2) is 7.42. The maximum Gasteiger partial charge on any atom is 0.409 e. The second-order valence-corrected chi connectivity index (χ2v) is 6.49. The topological polar surface area (TPSA) is 86.4 Å². The summed E-state index contributed by atoms with van der Waals surface area (Å²) in [6.07, 6.45) is 5.19. The number of amides is 1. The van der Waals surface area contributed by atoms with Crippen molar-refractivity contribution < 1.29 is 28.5 Å². The third-order valence-electron chi connectivity index (χ3n) is 4.89. The van der Waals surface area contributed by atoms with E-state index >= 15 is 0 Å². The molecule has 2 aliphatic heterocycles. The van der Waals surface area contributed by atoms with Gasteiger partial charge in [-0.2, -0.15) is 0 Å². The number of carbonyl (C=O) groups excluding carboxylic acids is 2. The molecule has 7 heteroatoms. The maximum absolute atomic E-state index is 12.3. The van der Waals surface area contributed by atoms with E-state index in [9.17, 15) is 9.59 Å². The van der Waals surface area contributed by atoms with Crippen LogP contribution in [0.5, 0.6) is 0 Å². The minimum absolute atomic E-state index is 0.00860. The molecule has 0 aromatic heterocycles. The molecule has 1 saturated heterocycles. The minimum atomic E-state index is -0.728. The van der Waals surface area contributed by atoms with Gasteiger partial charge in [0.15, 0.2) is 0 Å². The van der Waals surface area contributed by atoms with Crippen molar-refractivity contribution in [3.8, 4) is 0 Å². The van der Waals surface area contributed by atoms with Gasteiger partial charge in [0.1, 0.15) is 0 Å². The molecule has 134 valence electrons. The van der Waals surface area contributed by atoms with Gasteiger partial charge in [-0.15, -0.1) is 0 Å². The van der Waals surface area contributed by atoms with Gasteiger partial charge in [-0.3, -0.25) is 0 Å². The van der Waals surface area contributed by atoms with E-state index in [0.717, 1.165) is 32.1 Å². The summed E-state index contributed by atoms with van der Waals surface area (Å²) in [6.45, 7) is 2.57. The van der Waals surface area contributed by atoms with E-state index in [1.807, 2.05) is 0 Å². The zero-order valence-corrected chi connectivity index (χ0v) is 14.2. The standard InChI is InChI=1S/C17H25NO6/c1-3-4-5-6-7-21-15(19)11-9-22-16(24-17(20)18-2)13-10(11)8-12-14(13)23-12/h9-10,12-14,16H,3-8H2,1-2H3,(H,18,20)/t10-,12+,13+,14+,16+/m1/s1. The van der Waals surface area contributed by atoms with Crippen molar-refractivity contribution in [2.45, 2.75) is 57.5 Å². The molecule has 1 aliphatic carbocycles. The SMILES string of the molecule is CCCCCCOC(=O)C1=CO[C@@H](OC(=O)NC)[C@@H]2[C@H]3O[C@H]3C[C@H]12. The van der Waals surface area contributed by atoms with Crippen LogP contribution in [0.15, 0.2) is 11.8 Å². The summed E-state index contributed by atoms with van der Waals surface area (Å²) in [4.78, 5) is 23.8. The van der Waals surface area contributed by atoms with E-state index in [1.165, 1.54) is 13.3 Å². The second-order valence-electron chi connectivity index (χ2n) is 6.49. The Kier molecular flexibility index (Phi) is 5.28. The number of alkyl carbamates (subject to hydrolysis) is 1. The molecule has 7 nitrogen and oxygen atoms in total. The van der Waals surface area contributed by atoms with Crippen LogP contribution in [0, 0.1) is 11.8 Å². The summed E-state index contributed by atoms with van der Waals surface area (Å²) in [5.41, 5.74) is 0.531. The Morgan fingerprint density at radius 2 is 2.17 bits per heavy atom. The molecule has 0 unspecified atom stereocenters. The van der Waals surface area contributed by atoms with Gasteiger partial charge in [-0.05, 0) is 12.8 Å². The molecule has 3 rings (SSSR count). The van der Waals surface area contributed by atoms with Gasteiger partial charge in [-0.1, -0.05) is 26.2 Å². The number of hydrogen-bond acceptors (Lipinski definition) is 6. The molecule has 1 saturated carbocycles. The molecule has 1 N–H and O–H groups in total. The predicted octanol–water partition coefficient (Wildman–Crippen LogP) is 2.11. The van der Waals surface area contributed by atoms with Crippen molar-refractivity contribution in [3.05, 3.63) is 11.8 Å². The van der Waals surface area contributed by atoms with Gasteiger partial charge in [0.05, 0.1) is 36.6 Å². The van der Waals surface area contributed by atoms with Crippen LogP contribution in [0.3, 0.4) is 0 Å². The van der Waals surface area contributed by atoms with Crippen LogP contribution in [0.25, 0.3) is 0 Å². The number of carbonyl (C=O) groups is 2. The number of ether oxygens (including phenoxy) is 4. The average Bonchev–Trinajstić information content (AvgIpc) is 3.24. The first kappa shape index (κ1) is 17.1. The summed E-state index contributed by atoms with van der Waals surface area (Å²) in [7, 11) is 1.49. The number of hydrogen-bond donors (Lipinski definition) is 1. The summed E-state index contributed by atoms with van der Waals surface area (Å²) in [6, 6.07) is 0. The number of epoxide rings is 1. The van der Waals surface area contributed by atoms with Gasteiger partial charge in [-0.25, -0.2) is 9.59 Å². The molecule has 0 aromatic rings. The van der Waals surface area contributed by atoms with E-state index < -0.39 is 12.4 Å². The highest BCUT2D eigenvalue weighted by atomic mass is 16.7. The van der Waals surface area contributed by atoms with Crippen LogP contribution in [0.4, 0.5) is 4.79 Å². The molecular formula is C17H25NO6. The molecule has 0 aromatic carbocycles. The van der Waals surface area contributed by atoms with Gasteiger partial charge in [0.2, 0.25) is 0 Å². The van der Waals surface area contributed by atoms with Crippen molar-refractivity contribution in [1.29, 1.82) is 0 Å². The average molecular weight is 339 g/mol. The van der Waals surface area contributed by atoms with Crippen molar-refractivity contribution in [2.24, 2.45) is 11.8 Å². The fourth-order valence-corrected chi connectivity index (χ4v) is 3.57. The first-order valence-corrected chi connectivity index (χ1v) is 8.72. The van der Waals surface area contributed by atoms with Gasteiger partial charge < -0.3 is 24.3 Å². The summed E-state index contributed by atoms with van der Waals surface area (Å²) < 4.78 is 21.7. The molecule has 0 spiro atoms. The fourth-order valence-electron chi connectivity index (χ4n) is 3.57. The fraction of sp³-hybridized carbons (Fsp3) is 0.765. The quantitative estimate of drug-likeness (QED) is 0.434. The highest BCUT2D eigenvalue weighted by Crippen LogP contribution is 2.53. The lowest BCUT2D eigenvalue weighted by molar-refractivity contribution is -0.148. The Morgan fingerprint density at radius 1 is 1.33 bits per heavy atom. The van der Waals surface area contributed by atoms with Crippen LogP contribution < -0.4 is 5.32 Å². The zero-order valence-electron chi connectivity index (χ0n) is 14.2. The Balaban J connectivity index is 1.58. The highest BCUT2D eigenvalue weighted by Gasteiger charge is 2.62. The third-order valence-corrected chi connectivity index (χ3v) is 4.89. The lowest BCUT2D eigenvalue weighted by Crippen LogP contribution is -2.41.